The van der Waals surface area contributed by atoms with Crippen molar-refractivity contribution in [1.29, 1.82) is 0 Å². The van der Waals surface area contributed by atoms with Gasteiger partial charge < -0.3 is 10.4 Å². The fourth-order valence-corrected chi connectivity index (χ4v) is 3.18. The molecule has 0 fully saturated rings. The number of aromatic nitrogens is 2. The van der Waals surface area contributed by atoms with Gasteiger partial charge in [-0.1, -0.05) is 12.1 Å². The smallest absolute Gasteiger partial charge is 0.356 e. The Morgan fingerprint density at radius 2 is 1.72 bits per heavy atom. The van der Waals surface area contributed by atoms with E-state index in [1.165, 1.54) is 59.3 Å². The highest BCUT2D eigenvalue weighted by Gasteiger charge is 2.17. The van der Waals surface area contributed by atoms with E-state index in [0.29, 0.717) is 5.56 Å². The Hall–Kier alpha value is -3.53. The minimum atomic E-state index is -3.39. The number of carbonyl (C=O) groups excluding carboxylic acids is 1. The van der Waals surface area contributed by atoms with Crippen LogP contribution in [0, 0.1) is 5.82 Å². The van der Waals surface area contributed by atoms with Gasteiger partial charge in [0.25, 0.3) is 5.91 Å². The molecule has 8 nitrogen and oxygen atoms in total. The van der Waals surface area contributed by atoms with E-state index in [4.69, 9.17) is 0 Å². The average molecular weight is 417 g/mol. The Kier molecular flexibility index (Phi) is 5.46. The van der Waals surface area contributed by atoms with E-state index < -0.39 is 27.5 Å². The third-order valence-corrected chi connectivity index (χ3v) is 5.16. The van der Waals surface area contributed by atoms with E-state index in [1.54, 1.807) is 0 Å². The zero-order chi connectivity index (χ0) is 21.2. The largest absolute Gasteiger partial charge is 0.476 e. The third kappa shape index (κ3) is 4.85. The summed E-state index contributed by atoms with van der Waals surface area (Å²) in [5.74, 6) is -2.12. The summed E-state index contributed by atoms with van der Waals surface area (Å²) in [6.07, 6.45) is 1.06. The zero-order valence-electron chi connectivity index (χ0n) is 15.2. The van der Waals surface area contributed by atoms with Crippen molar-refractivity contribution in [3.05, 3.63) is 77.2 Å². The number of hydrogen-bond donors (Lipinski definition) is 2. The molecule has 0 atom stereocenters. The molecule has 1 heterocycles. The predicted molar refractivity (Wildman–Crippen MR) is 102 cm³/mol. The number of halogens is 1. The first-order valence-corrected chi connectivity index (χ1v) is 10.2. The lowest BCUT2D eigenvalue weighted by molar-refractivity contribution is 0.0689. The van der Waals surface area contributed by atoms with Gasteiger partial charge in [0.1, 0.15) is 11.6 Å². The minimum absolute atomic E-state index is 0.0727. The molecule has 150 valence electrons. The van der Waals surface area contributed by atoms with Gasteiger partial charge >= 0.3 is 5.97 Å². The Morgan fingerprint density at radius 3 is 2.28 bits per heavy atom. The number of carbonyl (C=O) groups is 2. The normalized spacial score (nSPS) is 11.2. The van der Waals surface area contributed by atoms with E-state index >= 15 is 0 Å². The molecule has 0 aliphatic heterocycles. The van der Waals surface area contributed by atoms with Gasteiger partial charge in [0.2, 0.25) is 0 Å². The summed E-state index contributed by atoms with van der Waals surface area (Å²) in [5, 5.41) is 15.7. The van der Waals surface area contributed by atoms with Gasteiger partial charge in [0, 0.05) is 17.9 Å². The van der Waals surface area contributed by atoms with Crippen molar-refractivity contribution in [2.24, 2.45) is 0 Å². The average Bonchev–Trinajstić information content (AvgIpc) is 3.06. The van der Waals surface area contributed by atoms with Crippen molar-refractivity contribution in [3.8, 4) is 0 Å². The lowest BCUT2D eigenvalue weighted by atomic mass is 10.2. The van der Waals surface area contributed by atoms with Gasteiger partial charge in [0.15, 0.2) is 15.5 Å². The first-order chi connectivity index (χ1) is 13.6. The van der Waals surface area contributed by atoms with E-state index in [1.807, 2.05) is 0 Å². The maximum Gasteiger partial charge on any atom is 0.356 e. The monoisotopic (exact) mass is 417 g/mol. The lowest BCUT2D eigenvalue weighted by Crippen LogP contribution is -2.16. The Morgan fingerprint density at radius 1 is 1.10 bits per heavy atom. The van der Waals surface area contributed by atoms with Gasteiger partial charge in [-0.05, 0) is 42.0 Å². The molecule has 0 aliphatic carbocycles. The number of nitrogens with zero attached hydrogens (tertiary/aromatic N) is 2. The van der Waals surface area contributed by atoms with Crippen LogP contribution >= 0.6 is 0 Å². The molecule has 29 heavy (non-hydrogen) atoms. The number of benzene rings is 2. The number of amides is 1. The van der Waals surface area contributed by atoms with Crippen molar-refractivity contribution >= 4 is 27.5 Å². The van der Waals surface area contributed by atoms with Gasteiger partial charge in [-0.2, -0.15) is 5.10 Å². The van der Waals surface area contributed by atoms with Crippen LogP contribution in [0.4, 0.5) is 10.2 Å². The molecule has 3 rings (SSSR count). The molecule has 0 spiro atoms. The topological polar surface area (TPSA) is 118 Å². The molecule has 2 aromatic carbocycles. The molecule has 0 unspecified atom stereocenters. The highest BCUT2D eigenvalue weighted by molar-refractivity contribution is 7.90. The predicted octanol–water partition coefficient (Wildman–Crippen LogP) is 2.42. The number of sulfone groups is 1. The standard InChI is InChI=1S/C19H16FN3O5S/c1-29(27,28)15-8-4-13(5-9-15)18(24)21-17-10-16(19(25)26)22-23(17)11-12-2-6-14(20)7-3-12/h2-10H,11H2,1H3,(H,21,24)(H,25,26). The van der Waals surface area contributed by atoms with Crippen LogP contribution in [0.3, 0.4) is 0 Å². The number of hydrogen-bond acceptors (Lipinski definition) is 5. The summed E-state index contributed by atoms with van der Waals surface area (Å²) in [4.78, 5) is 23.8. The fourth-order valence-electron chi connectivity index (χ4n) is 2.55. The first kappa shape index (κ1) is 20.2. The van der Waals surface area contributed by atoms with E-state index in [9.17, 15) is 27.5 Å². The summed E-state index contributed by atoms with van der Waals surface area (Å²) in [6, 6.07) is 12.1. The van der Waals surface area contributed by atoms with E-state index in [0.717, 1.165) is 6.26 Å². The Labute approximate surface area is 165 Å². The number of carboxylic acid groups (broad SMARTS) is 1. The quantitative estimate of drug-likeness (QED) is 0.636. The second kappa shape index (κ2) is 7.84. The molecule has 1 amide bonds. The maximum absolute atomic E-state index is 13.1. The van der Waals surface area contributed by atoms with Crippen LogP contribution in [0.15, 0.2) is 59.5 Å². The number of rotatable bonds is 6. The minimum Gasteiger partial charge on any atom is -0.476 e. The molecule has 0 bridgehead atoms. The van der Waals surface area contributed by atoms with E-state index in [-0.39, 0.29) is 28.5 Å². The second-order valence-electron chi connectivity index (χ2n) is 6.25. The molecule has 3 aromatic rings. The number of anilines is 1. The van der Waals surface area contributed by atoms with Gasteiger partial charge in [-0.3, -0.25) is 4.79 Å². The van der Waals surface area contributed by atoms with E-state index in [2.05, 4.69) is 10.4 Å². The number of carboxylic acids is 1. The third-order valence-electron chi connectivity index (χ3n) is 4.03. The molecular weight excluding hydrogens is 401 g/mol. The van der Waals surface area contributed by atoms with Crippen molar-refractivity contribution in [2.75, 3.05) is 11.6 Å². The summed E-state index contributed by atoms with van der Waals surface area (Å²) in [6.45, 7) is 0.107. The molecule has 0 saturated carbocycles. The summed E-state index contributed by atoms with van der Waals surface area (Å²) >= 11 is 0. The number of nitrogens with one attached hydrogen (secondary N) is 1. The van der Waals surface area contributed by atoms with Crippen LogP contribution in [0.2, 0.25) is 0 Å². The lowest BCUT2D eigenvalue weighted by Gasteiger charge is -2.09. The molecule has 0 saturated heterocycles. The van der Waals surface area contributed by atoms with Crippen LogP contribution < -0.4 is 5.32 Å². The van der Waals surface area contributed by atoms with Gasteiger partial charge in [0.05, 0.1) is 11.4 Å². The Bertz CT molecular complexity index is 1170. The SMILES string of the molecule is CS(=O)(=O)c1ccc(C(=O)Nc2cc(C(=O)O)nn2Cc2ccc(F)cc2)cc1. The van der Waals surface area contributed by atoms with Gasteiger partial charge in [-0.15, -0.1) is 0 Å². The molecule has 1 aromatic heterocycles. The molecule has 0 aliphatic rings. The van der Waals surface area contributed by atoms with Crippen LogP contribution in [-0.4, -0.2) is 41.4 Å². The maximum atomic E-state index is 13.1. The second-order valence-corrected chi connectivity index (χ2v) is 8.27. The van der Waals surface area contributed by atoms with Crippen molar-refractivity contribution in [2.45, 2.75) is 11.4 Å². The van der Waals surface area contributed by atoms with Gasteiger partial charge in [-0.25, -0.2) is 22.3 Å². The van der Waals surface area contributed by atoms with Crippen LogP contribution in [0.1, 0.15) is 26.4 Å². The summed E-state index contributed by atoms with van der Waals surface area (Å²) in [5.41, 5.74) is 0.568. The Balaban J connectivity index is 1.86. The zero-order valence-corrected chi connectivity index (χ0v) is 16.0. The number of aromatic carboxylic acids is 1. The highest BCUT2D eigenvalue weighted by atomic mass is 32.2. The highest BCUT2D eigenvalue weighted by Crippen LogP contribution is 2.17. The van der Waals surface area contributed by atoms with Crippen LogP contribution in [0.25, 0.3) is 0 Å². The summed E-state index contributed by atoms with van der Waals surface area (Å²) in [7, 11) is -3.39. The van der Waals surface area contributed by atoms with Crippen molar-refractivity contribution in [3.63, 3.8) is 0 Å². The van der Waals surface area contributed by atoms with Crippen LogP contribution in [0.5, 0.6) is 0 Å². The van der Waals surface area contributed by atoms with Crippen LogP contribution in [-0.2, 0) is 16.4 Å². The molecular formula is C19H16FN3O5S. The fraction of sp³-hybridized carbons (Fsp3) is 0.105. The summed E-state index contributed by atoms with van der Waals surface area (Å²) < 4.78 is 37.4. The van der Waals surface area contributed by atoms with Crippen molar-refractivity contribution in [1.82, 2.24) is 9.78 Å². The molecule has 10 heteroatoms. The first-order valence-electron chi connectivity index (χ1n) is 8.30. The molecule has 0 radical (unpaired) electrons. The molecule has 2 N–H and O–H groups in total. The van der Waals surface area contributed by atoms with Crippen molar-refractivity contribution < 1.29 is 27.5 Å².